The molecular weight excluding hydrogens is 358 g/mol. The number of piperidine rings is 1. The molecule has 1 aliphatic heterocycles. The Labute approximate surface area is 159 Å². The molecule has 0 amide bonds. The third-order valence-corrected chi connectivity index (χ3v) is 4.51. The van der Waals surface area contributed by atoms with E-state index in [0.29, 0.717) is 0 Å². The fourth-order valence-corrected chi connectivity index (χ4v) is 2.75. The standard InChI is InChI=1S/C17H26ClNO.C2H2O4/c1-15-9-12-19(13-10-15)11-3-2-4-14-20-17-7-5-16(18)6-8-17;3-1(4)2(5)6/h5-8,15H,2-4,9-14H2,1H3;(H,3,4)(H,5,6). The summed E-state index contributed by atoms with van der Waals surface area (Å²) >= 11 is 5.84. The molecule has 26 heavy (non-hydrogen) atoms. The van der Waals surface area contributed by atoms with Crippen LogP contribution in [0, 0.1) is 5.92 Å². The number of carboxylic acid groups (broad SMARTS) is 2. The van der Waals surface area contributed by atoms with Crippen molar-refractivity contribution in [2.45, 2.75) is 39.0 Å². The number of hydrogen-bond donors (Lipinski definition) is 2. The van der Waals surface area contributed by atoms with Crippen LogP contribution in [0.1, 0.15) is 39.0 Å². The zero-order valence-corrected chi connectivity index (χ0v) is 16.0. The third kappa shape index (κ3) is 10.3. The number of nitrogens with zero attached hydrogens (tertiary/aromatic N) is 1. The molecule has 0 bridgehead atoms. The molecule has 1 aromatic carbocycles. The number of unbranched alkanes of at least 4 members (excludes halogenated alkanes) is 2. The van der Waals surface area contributed by atoms with Crippen LogP contribution in [-0.4, -0.2) is 53.3 Å². The highest BCUT2D eigenvalue weighted by molar-refractivity contribution is 6.30. The molecule has 2 rings (SSSR count). The largest absolute Gasteiger partial charge is 0.494 e. The Kier molecular flexibility index (Phi) is 10.7. The van der Waals surface area contributed by atoms with E-state index in [1.54, 1.807) is 0 Å². The first-order chi connectivity index (χ1) is 12.4. The first kappa shape index (κ1) is 22.3. The van der Waals surface area contributed by atoms with E-state index >= 15 is 0 Å². The van der Waals surface area contributed by atoms with Crippen molar-refractivity contribution in [1.29, 1.82) is 0 Å². The summed E-state index contributed by atoms with van der Waals surface area (Å²) in [5.41, 5.74) is 0. The summed E-state index contributed by atoms with van der Waals surface area (Å²) in [5, 5.41) is 15.5. The summed E-state index contributed by atoms with van der Waals surface area (Å²) < 4.78 is 5.69. The maximum atomic E-state index is 9.10. The van der Waals surface area contributed by atoms with Gasteiger partial charge in [0.05, 0.1) is 6.61 Å². The summed E-state index contributed by atoms with van der Waals surface area (Å²) in [5.74, 6) is -1.80. The van der Waals surface area contributed by atoms with Gasteiger partial charge in [0.1, 0.15) is 5.75 Å². The van der Waals surface area contributed by atoms with E-state index in [4.69, 9.17) is 36.1 Å². The van der Waals surface area contributed by atoms with E-state index in [9.17, 15) is 0 Å². The lowest BCUT2D eigenvalue weighted by Gasteiger charge is -2.30. The molecule has 0 unspecified atom stereocenters. The van der Waals surface area contributed by atoms with Gasteiger partial charge in [0.15, 0.2) is 0 Å². The van der Waals surface area contributed by atoms with E-state index in [1.165, 1.54) is 45.3 Å². The van der Waals surface area contributed by atoms with Crippen LogP contribution in [0.5, 0.6) is 5.75 Å². The smallest absolute Gasteiger partial charge is 0.414 e. The number of halogens is 1. The second-order valence-electron chi connectivity index (χ2n) is 6.50. The molecule has 1 aliphatic rings. The molecule has 0 radical (unpaired) electrons. The molecule has 0 aliphatic carbocycles. The highest BCUT2D eigenvalue weighted by atomic mass is 35.5. The van der Waals surface area contributed by atoms with Crippen molar-refractivity contribution >= 4 is 23.5 Å². The number of carboxylic acids is 2. The van der Waals surface area contributed by atoms with E-state index in [1.807, 2.05) is 24.3 Å². The Hall–Kier alpha value is -1.79. The summed E-state index contributed by atoms with van der Waals surface area (Å²) in [6.07, 6.45) is 6.42. The average Bonchev–Trinajstić information content (AvgIpc) is 2.61. The molecule has 1 heterocycles. The topological polar surface area (TPSA) is 87.1 Å². The highest BCUT2D eigenvalue weighted by Gasteiger charge is 2.14. The first-order valence-electron chi connectivity index (χ1n) is 8.95. The minimum Gasteiger partial charge on any atom is -0.494 e. The summed E-state index contributed by atoms with van der Waals surface area (Å²) in [7, 11) is 0. The summed E-state index contributed by atoms with van der Waals surface area (Å²) in [6, 6.07) is 7.59. The summed E-state index contributed by atoms with van der Waals surface area (Å²) in [4.78, 5) is 20.8. The second kappa shape index (κ2) is 12.5. The number of ether oxygens (including phenoxy) is 1. The Morgan fingerprint density at radius 1 is 1.08 bits per heavy atom. The SMILES string of the molecule is CC1CCN(CCCCCOc2ccc(Cl)cc2)CC1.O=C(O)C(=O)O. The zero-order chi connectivity index (χ0) is 19.4. The molecule has 6 nitrogen and oxygen atoms in total. The van der Waals surface area contributed by atoms with Crippen molar-refractivity contribution in [3.05, 3.63) is 29.3 Å². The van der Waals surface area contributed by atoms with Gasteiger partial charge in [-0.3, -0.25) is 0 Å². The van der Waals surface area contributed by atoms with Gasteiger partial charge in [-0.1, -0.05) is 18.5 Å². The molecule has 146 valence electrons. The fourth-order valence-electron chi connectivity index (χ4n) is 2.62. The average molecular weight is 386 g/mol. The number of aliphatic carboxylic acids is 2. The number of carbonyl (C=O) groups is 2. The Morgan fingerprint density at radius 3 is 2.19 bits per heavy atom. The van der Waals surface area contributed by atoms with E-state index in [0.717, 1.165) is 29.7 Å². The van der Waals surface area contributed by atoms with E-state index in [2.05, 4.69) is 11.8 Å². The van der Waals surface area contributed by atoms with Crippen LogP contribution in [0.15, 0.2) is 24.3 Å². The normalized spacial score (nSPS) is 15.0. The van der Waals surface area contributed by atoms with Crippen LogP contribution >= 0.6 is 11.6 Å². The van der Waals surface area contributed by atoms with Gasteiger partial charge in [-0.25, -0.2) is 9.59 Å². The van der Waals surface area contributed by atoms with Gasteiger partial charge in [-0.05, 0) is 81.9 Å². The van der Waals surface area contributed by atoms with Crippen molar-refractivity contribution in [2.75, 3.05) is 26.2 Å². The van der Waals surface area contributed by atoms with Crippen molar-refractivity contribution in [2.24, 2.45) is 5.92 Å². The lowest BCUT2D eigenvalue weighted by molar-refractivity contribution is -0.159. The molecule has 0 spiro atoms. The maximum absolute atomic E-state index is 9.10. The quantitative estimate of drug-likeness (QED) is 0.548. The summed E-state index contributed by atoms with van der Waals surface area (Å²) in [6.45, 7) is 7.02. The molecule has 0 saturated carbocycles. The van der Waals surface area contributed by atoms with Crippen LogP contribution in [0.25, 0.3) is 0 Å². The predicted octanol–water partition coefficient (Wildman–Crippen LogP) is 3.78. The van der Waals surface area contributed by atoms with E-state index < -0.39 is 11.9 Å². The van der Waals surface area contributed by atoms with Crippen molar-refractivity contribution in [1.82, 2.24) is 4.90 Å². The van der Waals surface area contributed by atoms with Crippen LogP contribution < -0.4 is 4.74 Å². The molecule has 7 heteroatoms. The van der Waals surface area contributed by atoms with E-state index in [-0.39, 0.29) is 0 Å². The highest BCUT2D eigenvalue weighted by Crippen LogP contribution is 2.17. The molecular formula is C19H28ClNO5. The molecule has 2 N–H and O–H groups in total. The molecule has 1 saturated heterocycles. The Bertz CT molecular complexity index is 529. The number of benzene rings is 1. The zero-order valence-electron chi connectivity index (χ0n) is 15.2. The van der Waals surface area contributed by atoms with Gasteiger partial charge in [0.2, 0.25) is 0 Å². The maximum Gasteiger partial charge on any atom is 0.414 e. The number of hydrogen-bond acceptors (Lipinski definition) is 4. The van der Waals surface area contributed by atoms with Gasteiger partial charge < -0.3 is 19.8 Å². The van der Waals surface area contributed by atoms with Crippen LogP contribution in [-0.2, 0) is 9.59 Å². The predicted molar refractivity (Wildman–Crippen MR) is 101 cm³/mol. The van der Waals surface area contributed by atoms with Crippen molar-refractivity contribution in [3.8, 4) is 5.75 Å². The van der Waals surface area contributed by atoms with Crippen LogP contribution in [0.4, 0.5) is 0 Å². The van der Waals surface area contributed by atoms with Gasteiger partial charge in [-0.15, -0.1) is 0 Å². The molecule has 0 aromatic heterocycles. The van der Waals surface area contributed by atoms with Gasteiger partial charge in [-0.2, -0.15) is 0 Å². The fraction of sp³-hybridized carbons (Fsp3) is 0.579. The Morgan fingerprint density at radius 2 is 1.65 bits per heavy atom. The monoisotopic (exact) mass is 385 g/mol. The minimum absolute atomic E-state index is 0.758. The minimum atomic E-state index is -1.82. The second-order valence-corrected chi connectivity index (χ2v) is 6.93. The van der Waals surface area contributed by atoms with Crippen molar-refractivity contribution in [3.63, 3.8) is 0 Å². The van der Waals surface area contributed by atoms with Crippen molar-refractivity contribution < 1.29 is 24.5 Å². The number of rotatable bonds is 7. The molecule has 1 aromatic rings. The van der Waals surface area contributed by atoms with Crippen LogP contribution in [0.3, 0.4) is 0 Å². The lowest BCUT2D eigenvalue weighted by atomic mass is 9.99. The first-order valence-corrected chi connectivity index (χ1v) is 9.33. The molecule has 0 atom stereocenters. The third-order valence-electron chi connectivity index (χ3n) is 4.26. The van der Waals surface area contributed by atoms with Gasteiger partial charge in [0, 0.05) is 5.02 Å². The molecule has 1 fully saturated rings. The number of likely N-dealkylation sites (tertiary alicyclic amines) is 1. The van der Waals surface area contributed by atoms with Gasteiger partial charge in [0.25, 0.3) is 0 Å². The van der Waals surface area contributed by atoms with Gasteiger partial charge >= 0.3 is 11.9 Å². The lowest BCUT2D eigenvalue weighted by Crippen LogP contribution is -2.33. The Balaban J connectivity index is 0.000000487. The van der Waals surface area contributed by atoms with Crippen LogP contribution in [0.2, 0.25) is 5.02 Å².